The number of methoxy groups -OCH3 is 1. The molecule has 0 aliphatic carbocycles. The second-order valence-corrected chi connectivity index (χ2v) is 7.43. The SMILES string of the molecule is COc1ccc(N2C(=O)CC(SC(N)=NN=C(C)c3ccc(F)cc3)C2=O)cc1. The highest BCUT2D eigenvalue weighted by Gasteiger charge is 2.40. The van der Waals surface area contributed by atoms with Gasteiger partial charge in [0.05, 0.1) is 18.5 Å². The summed E-state index contributed by atoms with van der Waals surface area (Å²) in [7, 11) is 1.54. The Labute approximate surface area is 171 Å². The van der Waals surface area contributed by atoms with E-state index in [4.69, 9.17) is 10.5 Å². The number of rotatable bonds is 5. The van der Waals surface area contributed by atoms with E-state index in [1.807, 2.05) is 0 Å². The van der Waals surface area contributed by atoms with Crippen molar-refractivity contribution in [1.29, 1.82) is 0 Å². The molecule has 1 aliphatic rings. The molecule has 2 N–H and O–H groups in total. The molecule has 3 rings (SSSR count). The van der Waals surface area contributed by atoms with Crippen molar-refractivity contribution in [2.75, 3.05) is 12.0 Å². The fourth-order valence-electron chi connectivity index (χ4n) is 2.74. The van der Waals surface area contributed by atoms with E-state index in [9.17, 15) is 14.0 Å². The third-order valence-electron chi connectivity index (χ3n) is 4.26. The highest BCUT2D eigenvalue weighted by Crippen LogP contribution is 2.30. The molecule has 1 heterocycles. The molecule has 1 unspecified atom stereocenters. The number of halogens is 1. The van der Waals surface area contributed by atoms with Crippen LogP contribution in [0.25, 0.3) is 0 Å². The quantitative estimate of drug-likeness (QED) is 0.351. The molecule has 2 aromatic carbocycles. The number of benzene rings is 2. The van der Waals surface area contributed by atoms with Crippen molar-refractivity contribution < 1.29 is 18.7 Å². The highest BCUT2D eigenvalue weighted by molar-refractivity contribution is 8.14. The third-order valence-corrected chi connectivity index (χ3v) is 5.24. The first-order valence-corrected chi connectivity index (χ1v) is 9.58. The Kier molecular flexibility index (Phi) is 6.28. The summed E-state index contributed by atoms with van der Waals surface area (Å²) in [6, 6.07) is 12.5. The molecule has 1 saturated heterocycles. The molecule has 9 heteroatoms. The van der Waals surface area contributed by atoms with Crippen molar-refractivity contribution in [2.24, 2.45) is 15.9 Å². The minimum atomic E-state index is -0.672. The van der Waals surface area contributed by atoms with Gasteiger partial charge in [-0.3, -0.25) is 9.59 Å². The van der Waals surface area contributed by atoms with Crippen molar-refractivity contribution in [3.63, 3.8) is 0 Å². The summed E-state index contributed by atoms with van der Waals surface area (Å²) in [5.74, 6) is -0.380. The Morgan fingerprint density at radius 2 is 1.79 bits per heavy atom. The van der Waals surface area contributed by atoms with Gasteiger partial charge in [-0.05, 0) is 48.9 Å². The van der Waals surface area contributed by atoms with Crippen LogP contribution in [-0.2, 0) is 9.59 Å². The van der Waals surface area contributed by atoms with Crippen molar-refractivity contribution in [3.8, 4) is 5.75 Å². The Balaban J connectivity index is 1.68. The van der Waals surface area contributed by atoms with Gasteiger partial charge in [0.2, 0.25) is 11.8 Å². The van der Waals surface area contributed by atoms with Crippen molar-refractivity contribution in [3.05, 3.63) is 59.9 Å². The lowest BCUT2D eigenvalue weighted by Gasteiger charge is -2.15. The summed E-state index contributed by atoms with van der Waals surface area (Å²) < 4.78 is 18.1. The van der Waals surface area contributed by atoms with Crippen LogP contribution in [0.5, 0.6) is 5.75 Å². The fraction of sp³-hybridized carbons (Fsp3) is 0.200. The van der Waals surface area contributed by atoms with E-state index < -0.39 is 5.25 Å². The van der Waals surface area contributed by atoms with Crippen LogP contribution in [0, 0.1) is 5.82 Å². The van der Waals surface area contributed by atoms with Gasteiger partial charge in [0.25, 0.3) is 0 Å². The lowest BCUT2D eigenvalue weighted by molar-refractivity contribution is -0.121. The Morgan fingerprint density at radius 3 is 2.41 bits per heavy atom. The third kappa shape index (κ3) is 4.80. The summed E-state index contributed by atoms with van der Waals surface area (Å²) >= 11 is 0.989. The monoisotopic (exact) mass is 414 g/mol. The van der Waals surface area contributed by atoms with E-state index in [0.717, 1.165) is 16.7 Å². The molecule has 150 valence electrons. The molecule has 1 atom stereocenters. The maximum Gasteiger partial charge on any atom is 0.247 e. The summed E-state index contributed by atoms with van der Waals surface area (Å²) in [4.78, 5) is 26.1. The number of ether oxygens (including phenoxy) is 1. The Morgan fingerprint density at radius 1 is 1.14 bits per heavy atom. The molecule has 1 fully saturated rings. The first-order valence-electron chi connectivity index (χ1n) is 8.70. The summed E-state index contributed by atoms with van der Waals surface area (Å²) in [6.07, 6.45) is 0.0202. The van der Waals surface area contributed by atoms with Gasteiger partial charge in [-0.15, -0.1) is 5.10 Å². The molecular formula is C20H19FN4O3S. The fourth-order valence-corrected chi connectivity index (χ4v) is 3.55. The first kappa shape index (κ1) is 20.5. The van der Waals surface area contributed by atoms with Crippen LogP contribution < -0.4 is 15.4 Å². The first-order chi connectivity index (χ1) is 13.9. The maximum atomic E-state index is 13.0. The van der Waals surface area contributed by atoms with Crippen LogP contribution in [0.15, 0.2) is 58.7 Å². The van der Waals surface area contributed by atoms with Gasteiger partial charge in [0.1, 0.15) is 16.8 Å². The summed E-state index contributed by atoms with van der Waals surface area (Å²) in [6.45, 7) is 1.71. The number of hydrogen-bond donors (Lipinski definition) is 1. The lowest BCUT2D eigenvalue weighted by atomic mass is 10.1. The molecule has 0 bridgehead atoms. The number of carbonyl (C=O) groups excluding carboxylic acids is 2. The molecule has 1 aliphatic heterocycles. The minimum Gasteiger partial charge on any atom is -0.497 e. The zero-order valence-electron chi connectivity index (χ0n) is 15.8. The molecule has 2 amide bonds. The minimum absolute atomic E-state index is 0.0202. The van der Waals surface area contributed by atoms with E-state index in [0.29, 0.717) is 22.7 Å². The number of anilines is 1. The number of nitrogens with two attached hydrogens (primary N) is 1. The second-order valence-electron chi connectivity index (χ2n) is 6.21. The van der Waals surface area contributed by atoms with Crippen LogP contribution in [0.4, 0.5) is 10.1 Å². The number of carbonyl (C=O) groups is 2. The molecule has 0 radical (unpaired) electrons. The van der Waals surface area contributed by atoms with Crippen LogP contribution >= 0.6 is 11.8 Å². The Bertz CT molecular complexity index is 974. The van der Waals surface area contributed by atoms with Gasteiger partial charge in [0.15, 0.2) is 5.17 Å². The average molecular weight is 414 g/mol. The molecule has 7 nitrogen and oxygen atoms in total. The van der Waals surface area contributed by atoms with Crippen molar-refractivity contribution in [1.82, 2.24) is 0 Å². The topological polar surface area (TPSA) is 97.3 Å². The molecule has 29 heavy (non-hydrogen) atoms. The van der Waals surface area contributed by atoms with E-state index in [2.05, 4.69) is 10.2 Å². The number of amides is 2. The Hall–Kier alpha value is -3.20. The summed E-state index contributed by atoms with van der Waals surface area (Å²) in [5, 5.41) is 7.33. The molecular weight excluding hydrogens is 395 g/mol. The summed E-state index contributed by atoms with van der Waals surface area (Å²) in [5.41, 5.74) is 7.60. The number of nitrogens with zero attached hydrogens (tertiary/aromatic N) is 3. The van der Waals surface area contributed by atoms with Gasteiger partial charge in [-0.25, -0.2) is 9.29 Å². The highest BCUT2D eigenvalue weighted by atomic mass is 32.2. The van der Waals surface area contributed by atoms with Gasteiger partial charge in [-0.1, -0.05) is 23.9 Å². The number of amidine groups is 1. The van der Waals surface area contributed by atoms with Crippen molar-refractivity contribution in [2.45, 2.75) is 18.6 Å². The smallest absolute Gasteiger partial charge is 0.247 e. The van der Waals surface area contributed by atoms with Gasteiger partial charge < -0.3 is 10.5 Å². The van der Waals surface area contributed by atoms with Crippen LogP contribution in [-0.4, -0.2) is 35.1 Å². The van der Waals surface area contributed by atoms with E-state index >= 15 is 0 Å². The zero-order valence-corrected chi connectivity index (χ0v) is 16.6. The average Bonchev–Trinajstić information content (AvgIpc) is 2.99. The zero-order chi connectivity index (χ0) is 21.0. The number of thioether (sulfide) groups is 1. The largest absolute Gasteiger partial charge is 0.497 e. The normalized spacial score (nSPS) is 17.8. The van der Waals surface area contributed by atoms with Crippen LogP contribution in [0.3, 0.4) is 0 Å². The molecule has 0 saturated carbocycles. The van der Waals surface area contributed by atoms with Crippen molar-refractivity contribution >= 4 is 40.1 Å². The predicted molar refractivity (Wildman–Crippen MR) is 112 cm³/mol. The lowest BCUT2D eigenvalue weighted by Crippen LogP contribution is -2.31. The molecule has 2 aromatic rings. The van der Waals surface area contributed by atoms with E-state index in [-0.39, 0.29) is 29.2 Å². The number of imide groups is 1. The van der Waals surface area contributed by atoms with Crippen LogP contribution in [0.2, 0.25) is 0 Å². The maximum absolute atomic E-state index is 13.0. The van der Waals surface area contributed by atoms with Gasteiger partial charge in [0, 0.05) is 6.42 Å². The van der Waals surface area contributed by atoms with Crippen LogP contribution in [0.1, 0.15) is 18.9 Å². The van der Waals surface area contributed by atoms with E-state index in [1.165, 1.54) is 19.2 Å². The second kappa shape index (κ2) is 8.87. The standard InChI is InChI=1S/C20H19FN4O3S/c1-12(13-3-5-14(21)6-4-13)23-24-20(22)29-17-11-18(26)25(19(17)27)15-7-9-16(28-2)10-8-15/h3-10,17H,11H2,1-2H3,(H2,22,24). The molecule has 0 spiro atoms. The van der Waals surface area contributed by atoms with Gasteiger partial charge in [-0.2, -0.15) is 5.10 Å². The number of hydrogen-bond acceptors (Lipinski definition) is 6. The van der Waals surface area contributed by atoms with E-state index in [1.54, 1.807) is 43.3 Å². The van der Waals surface area contributed by atoms with Gasteiger partial charge >= 0.3 is 0 Å². The molecule has 0 aromatic heterocycles. The predicted octanol–water partition coefficient (Wildman–Crippen LogP) is 2.94.